The highest BCUT2D eigenvalue weighted by molar-refractivity contribution is 7.90. The lowest BCUT2D eigenvalue weighted by Gasteiger charge is -2.13. The van der Waals surface area contributed by atoms with E-state index in [1.807, 2.05) is 62.5 Å². The minimum atomic E-state index is -3.70. The van der Waals surface area contributed by atoms with Crippen LogP contribution >= 0.6 is 0 Å². The summed E-state index contributed by atoms with van der Waals surface area (Å²) in [5.74, 6) is 0.297. The summed E-state index contributed by atoms with van der Waals surface area (Å²) in [5, 5.41) is 0. The van der Waals surface area contributed by atoms with Gasteiger partial charge in [0.25, 0.3) is 0 Å². The van der Waals surface area contributed by atoms with Crippen LogP contribution < -0.4 is 0 Å². The maximum absolute atomic E-state index is 13.6. The number of carbonyl (C=O) groups is 1. The molecule has 0 bridgehead atoms. The van der Waals surface area contributed by atoms with E-state index in [1.165, 1.54) is 23.6 Å². The Morgan fingerprint density at radius 1 is 1.00 bits per heavy atom. The van der Waals surface area contributed by atoms with Crippen LogP contribution in [0.2, 0.25) is 0 Å². The molecule has 0 radical (unpaired) electrons. The van der Waals surface area contributed by atoms with Crippen molar-refractivity contribution in [1.29, 1.82) is 0 Å². The van der Waals surface area contributed by atoms with Crippen molar-refractivity contribution in [1.82, 2.24) is 9.88 Å². The molecule has 37 heavy (non-hydrogen) atoms. The van der Waals surface area contributed by atoms with E-state index in [2.05, 4.69) is 9.88 Å². The molecule has 1 unspecified atom stereocenters. The van der Waals surface area contributed by atoms with Crippen LogP contribution in [-0.2, 0) is 39.9 Å². The second kappa shape index (κ2) is 10.4. The largest absolute Gasteiger partial charge is 0.444 e. The Kier molecular flexibility index (Phi) is 7.09. The molecule has 0 aliphatic carbocycles. The molecule has 190 valence electrons. The summed E-state index contributed by atoms with van der Waals surface area (Å²) in [6.45, 7) is 3.73. The highest BCUT2D eigenvalue weighted by atomic mass is 32.2. The maximum Gasteiger partial charge on any atom is 0.227 e. The average Bonchev–Trinajstić information content (AvgIpc) is 3.53. The predicted octanol–water partition coefficient (Wildman–Crippen LogP) is 5.57. The third-order valence-electron chi connectivity index (χ3n) is 6.85. The van der Waals surface area contributed by atoms with Crippen molar-refractivity contribution in [3.63, 3.8) is 0 Å². The van der Waals surface area contributed by atoms with Gasteiger partial charge in [-0.2, -0.15) is 0 Å². The molecule has 0 spiro atoms. The van der Waals surface area contributed by atoms with Gasteiger partial charge < -0.3 is 4.42 Å². The van der Waals surface area contributed by atoms with E-state index >= 15 is 0 Å². The van der Waals surface area contributed by atoms with Crippen LogP contribution in [-0.4, -0.2) is 31.1 Å². The quantitative estimate of drug-likeness (QED) is 0.291. The fourth-order valence-electron chi connectivity index (χ4n) is 5.03. The van der Waals surface area contributed by atoms with E-state index < -0.39 is 9.84 Å². The van der Waals surface area contributed by atoms with Gasteiger partial charge >= 0.3 is 0 Å². The summed E-state index contributed by atoms with van der Waals surface area (Å²) >= 11 is 0. The van der Waals surface area contributed by atoms with Crippen LogP contribution in [0.1, 0.15) is 47.1 Å². The fraction of sp³-hybridized carbons (Fsp3) is 0.267. The monoisotopic (exact) mass is 514 g/mol. The molecule has 0 fully saturated rings. The van der Waals surface area contributed by atoms with Gasteiger partial charge in [0.1, 0.15) is 12.0 Å². The molecule has 6 nitrogen and oxygen atoms in total. The average molecular weight is 515 g/mol. The van der Waals surface area contributed by atoms with E-state index in [0.717, 1.165) is 29.8 Å². The number of benzene rings is 3. The molecule has 0 saturated carbocycles. The number of fused-ring (bicyclic) bond motifs is 1. The first kappa shape index (κ1) is 25.1. The summed E-state index contributed by atoms with van der Waals surface area (Å²) in [4.78, 5) is 19.4. The second-order valence-electron chi connectivity index (χ2n) is 9.93. The zero-order valence-electron chi connectivity index (χ0n) is 21.1. The molecular formula is C30H30N2O4S. The third-order valence-corrected chi connectivity index (χ3v) is 8.59. The number of sulfone groups is 1. The number of ketones is 1. The Labute approximate surface area is 217 Å². The van der Waals surface area contributed by atoms with Crippen molar-refractivity contribution in [2.24, 2.45) is 0 Å². The first-order chi connectivity index (χ1) is 17.8. The van der Waals surface area contributed by atoms with Crippen molar-refractivity contribution in [2.75, 3.05) is 7.05 Å². The molecule has 0 N–H and O–H groups in total. The minimum Gasteiger partial charge on any atom is -0.444 e. The highest BCUT2D eigenvalue weighted by Gasteiger charge is 2.25. The molecule has 1 atom stereocenters. The molecule has 2 heterocycles. The summed E-state index contributed by atoms with van der Waals surface area (Å²) in [5.41, 5.74) is 5.39. The molecular weight excluding hydrogens is 484 g/mol. The molecule has 1 aromatic heterocycles. The van der Waals surface area contributed by atoms with Gasteiger partial charge in [0, 0.05) is 25.9 Å². The van der Waals surface area contributed by atoms with Crippen LogP contribution in [0.5, 0.6) is 0 Å². The Balaban J connectivity index is 1.39. The minimum absolute atomic E-state index is 0.0911. The number of oxazole rings is 1. The maximum atomic E-state index is 13.6. The van der Waals surface area contributed by atoms with E-state index in [-0.39, 0.29) is 34.7 Å². The molecule has 0 amide bonds. The first-order valence-electron chi connectivity index (χ1n) is 12.4. The zero-order chi connectivity index (χ0) is 26.0. The number of rotatable bonds is 9. The van der Waals surface area contributed by atoms with Gasteiger partial charge in [-0.25, -0.2) is 13.4 Å². The predicted molar refractivity (Wildman–Crippen MR) is 143 cm³/mol. The van der Waals surface area contributed by atoms with Crippen LogP contribution in [0, 0.1) is 0 Å². The lowest BCUT2D eigenvalue weighted by molar-refractivity contribution is -0.118. The van der Waals surface area contributed by atoms with Crippen molar-refractivity contribution < 1.29 is 17.6 Å². The van der Waals surface area contributed by atoms with Gasteiger partial charge in [-0.15, -0.1) is 0 Å². The van der Waals surface area contributed by atoms with E-state index in [0.29, 0.717) is 12.0 Å². The lowest BCUT2D eigenvalue weighted by Crippen LogP contribution is -2.10. The Bertz CT molecular complexity index is 1510. The molecule has 1 aliphatic heterocycles. The summed E-state index contributed by atoms with van der Waals surface area (Å²) in [6.07, 6.45) is 3.53. The van der Waals surface area contributed by atoms with Crippen LogP contribution in [0.25, 0.3) is 11.5 Å². The fourth-order valence-corrected chi connectivity index (χ4v) is 6.56. The molecule has 7 heteroatoms. The van der Waals surface area contributed by atoms with E-state index in [4.69, 9.17) is 4.42 Å². The number of nitrogens with zero attached hydrogens (tertiary/aromatic N) is 2. The van der Waals surface area contributed by atoms with Crippen LogP contribution in [0.4, 0.5) is 0 Å². The molecule has 5 rings (SSSR count). The summed E-state index contributed by atoms with van der Waals surface area (Å²) in [7, 11) is -1.65. The normalized spacial score (nSPS) is 14.4. The van der Waals surface area contributed by atoms with Crippen LogP contribution in [0.3, 0.4) is 0 Å². The Morgan fingerprint density at radius 3 is 2.51 bits per heavy atom. The van der Waals surface area contributed by atoms with Gasteiger partial charge in [-0.3, -0.25) is 9.69 Å². The standard InChI is InChI=1S/C30H30N2O4S/c1-21(24-6-4-3-5-7-24)14-27(33)16-22-9-11-29(28(17-22)30-31-12-13-36-30)37(34,35)20-23-8-10-25-18-32(2)19-26(25)15-23/h3-13,15,17,21H,14,16,18-20H2,1-2H3. The number of aromatic nitrogens is 1. The molecule has 3 aromatic carbocycles. The van der Waals surface area contributed by atoms with Gasteiger partial charge in [0.15, 0.2) is 9.84 Å². The van der Waals surface area contributed by atoms with E-state index in [1.54, 1.807) is 18.2 Å². The SMILES string of the molecule is CC(CC(=O)Cc1ccc(S(=O)(=O)Cc2ccc3c(c2)CN(C)C3)c(-c2ncco2)c1)c1ccccc1. The second-order valence-corrected chi connectivity index (χ2v) is 11.9. The van der Waals surface area contributed by atoms with Crippen molar-refractivity contribution in [3.05, 3.63) is 107 Å². The highest BCUT2D eigenvalue weighted by Crippen LogP contribution is 2.31. The number of Topliss-reactive ketones (excluding diaryl/α,β-unsaturated/α-hetero) is 1. The van der Waals surface area contributed by atoms with Gasteiger partial charge in [-0.1, -0.05) is 61.5 Å². The number of hydrogen-bond donors (Lipinski definition) is 0. The third kappa shape index (κ3) is 5.73. The molecule has 1 aliphatic rings. The lowest BCUT2D eigenvalue weighted by atomic mass is 9.93. The number of carbonyl (C=O) groups excluding carboxylic acids is 1. The molecule has 0 saturated heterocycles. The topological polar surface area (TPSA) is 80.5 Å². The van der Waals surface area contributed by atoms with Crippen molar-refractivity contribution in [2.45, 2.75) is 49.4 Å². The smallest absolute Gasteiger partial charge is 0.227 e. The number of hydrogen-bond acceptors (Lipinski definition) is 6. The summed E-state index contributed by atoms with van der Waals surface area (Å²) < 4.78 is 32.6. The van der Waals surface area contributed by atoms with Gasteiger partial charge in [0.2, 0.25) is 5.89 Å². The van der Waals surface area contributed by atoms with Crippen molar-refractivity contribution >= 4 is 15.6 Å². The first-order valence-corrected chi connectivity index (χ1v) is 14.0. The van der Waals surface area contributed by atoms with Gasteiger partial charge in [-0.05, 0) is 52.9 Å². The van der Waals surface area contributed by atoms with Gasteiger partial charge in [0.05, 0.1) is 22.4 Å². The van der Waals surface area contributed by atoms with E-state index in [9.17, 15) is 13.2 Å². The zero-order valence-corrected chi connectivity index (χ0v) is 21.9. The summed E-state index contributed by atoms with van der Waals surface area (Å²) in [6, 6.07) is 20.9. The van der Waals surface area contributed by atoms with Crippen LogP contribution in [0.15, 0.2) is 88.5 Å². The Morgan fingerprint density at radius 2 is 1.76 bits per heavy atom. The van der Waals surface area contributed by atoms with Crippen molar-refractivity contribution in [3.8, 4) is 11.5 Å². The molecule has 4 aromatic rings. The Hall–Kier alpha value is -3.55.